The maximum absolute atomic E-state index is 14.0. The first kappa shape index (κ1) is 15.7. The van der Waals surface area contributed by atoms with Crippen molar-refractivity contribution in [1.82, 2.24) is 15.3 Å². The summed E-state index contributed by atoms with van der Waals surface area (Å²) in [6.45, 7) is 4.29. The molecule has 0 aliphatic heterocycles. The molecule has 4 nitrogen and oxygen atoms in total. The molecule has 21 heavy (non-hydrogen) atoms. The van der Waals surface area contributed by atoms with Crippen LogP contribution in [0.4, 0.5) is 8.78 Å². The van der Waals surface area contributed by atoms with E-state index in [1.54, 1.807) is 0 Å². The molecule has 112 valence electrons. The summed E-state index contributed by atoms with van der Waals surface area (Å²) in [5.41, 5.74) is 0.156. The van der Waals surface area contributed by atoms with E-state index in [0.29, 0.717) is 12.1 Å². The molecule has 0 radical (unpaired) electrons. The third-order valence-corrected chi connectivity index (χ3v) is 3.61. The normalized spacial score (nSPS) is 11.1. The van der Waals surface area contributed by atoms with E-state index in [1.165, 1.54) is 24.4 Å². The monoisotopic (exact) mass is 311 g/mol. The fourth-order valence-electron chi connectivity index (χ4n) is 1.63. The standard InChI is InChI=1S/C14H15F2N3OS/c1-8(2)18-7-9-5-10(15)13(11(16)6-9)21-14-17-4-3-12(20)19-14/h3-6,8,18H,7H2,1-2H3,(H,17,19,20). The van der Waals surface area contributed by atoms with Gasteiger partial charge in [-0.2, -0.15) is 0 Å². The summed E-state index contributed by atoms with van der Waals surface area (Å²) < 4.78 is 28.0. The highest BCUT2D eigenvalue weighted by Gasteiger charge is 2.14. The van der Waals surface area contributed by atoms with Gasteiger partial charge in [0.1, 0.15) is 11.6 Å². The van der Waals surface area contributed by atoms with Crippen LogP contribution in [0.3, 0.4) is 0 Å². The van der Waals surface area contributed by atoms with E-state index in [-0.39, 0.29) is 21.7 Å². The van der Waals surface area contributed by atoms with Gasteiger partial charge in [0, 0.05) is 24.8 Å². The minimum absolute atomic E-state index is 0.147. The molecule has 2 rings (SSSR count). The number of hydrogen-bond donors (Lipinski definition) is 2. The molecule has 7 heteroatoms. The van der Waals surface area contributed by atoms with Crippen LogP contribution < -0.4 is 10.9 Å². The number of aromatic nitrogens is 2. The second kappa shape index (κ2) is 6.82. The molecule has 1 heterocycles. The lowest BCUT2D eigenvalue weighted by Crippen LogP contribution is -2.22. The number of rotatable bonds is 5. The van der Waals surface area contributed by atoms with Crippen molar-refractivity contribution >= 4 is 11.8 Å². The number of H-pyrrole nitrogens is 1. The Labute approximate surface area is 125 Å². The smallest absolute Gasteiger partial charge is 0.251 e. The molecular weight excluding hydrogens is 296 g/mol. The zero-order valence-electron chi connectivity index (χ0n) is 11.6. The van der Waals surface area contributed by atoms with Crippen molar-refractivity contribution < 1.29 is 8.78 Å². The first-order chi connectivity index (χ1) is 9.95. The molecular formula is C14H15F2N3OS. The maximum atomic E-state index is 14.0. The molecule has 1 aromatic heterocycles. The summed E-state index contributed by atoms with van der Waals surface area (Å²) in [6.07, 6.45) is 1.29. The first-order valence-corrected chi connectivity index (χ1v) is 7.22. The van der Waals surface area contributed by atoms with Crippen molar-refractivity contribution in [3.8, 4) is 0 Å². The number of aromatic amines is 1. The minimum atomic E-state index is -0.674. The molecule has 0 aliphatic carbocycles. The van der Waals surface area contributed by atoms with E-state index in [9.17, 15) is 13.6 Å². The van der Waals surface area contributed by atoms with E-state index in [4.69, 9.17) is 0 Å². The summed E-state index contributed by atoms with van der Waals surface area (Å²) >= 11 is 0.751. The molecule has 0 amide bonds. The fraction of sp³-hybridized carbons (Fsp3) is 0.286. The first-order valence-electron chi connectivity index (χ1n) is 6.40. The molecule has 2 aromatic rings. The van der Waals surface area contributed by atoms with E-state index < -0.39 is 11.6 Å². The molecule has 0 aliphatic rings. The van der Waals surface area contributed by atoms with Crippen molar-refractivity contribution in [2.45, 2.75) is 36.5 Å². The van der Waals surface area contributed by atoms with Crippen molar-refractivity contribution in [2.75, 3.05) is 0 Å². The topological polar surface area (TPSA) is 57.8 Å². The number of benzene rings is 1. The van der Waals surface area contributed by atoms with E-state index in [1.807, 2.05) is 13.8 Å². The predicted molar refractivity (Wildman–Crippen MR) is 77.3 cm³/mol. The third-order valence-electron chi connectivity index (χ3n) is 2.62. The Bertz CT molecular complexity index is 665. The van der Waals surface area contributed by atoms with Gasteiger partial charge in [-0.15, -0.1) is 0 Å². The zero-order chi connectivity index (χ0) is 15.4. The molecule has 0 saturated heterocycles. The summed E-state index contributed by atoms with van der Waals surface area (Å²) in [5, 5.41) is 3.24. The quantitative estimate of drug-likeness (QED) is 0.834. The van der Waals surface area contributed by atoms with Crippen LogP contribution in [0.1, 0.15) is 19.4 Å². The van der Waals surface area contributed by atoms with Gasteiger partial charge < -0.3 is 10.3 Å². The van der Waals surface area contributed by atoms with Gasteiger partial charge in [-0.3, -0.25) is 4.79 Å². The lowest BCUT2D eigenvalue weighted by atomic mass is 10.2. The molecule has 0 unspecified atom stereocenters. The minimum Gasteiger partial charge on any atom is -0.310 e. The Morgan fingerprint density at radius 3 is 2.57 bits per heavy atom. The highest BCUT2D eigenvalue weighted by atomic mass is 32.2. The average Bonchev–Trinajstić information content (AvgIpc) is 2.40. The van der Waals surface area contributed by atoms with Gasteiger partial charge in [-0.05, 0) is 29.5 Å². The SMILES string of the molecule is CC(C)NCc1cc(F)c(Sc2nccc(=O)[nH]2)c(F)c1. The van der Waals surface area contributed by atoms with Gasteiger partial charge in [-0.1, -0.05) is 13.8 Å². The summed E-state index contributed by atoms with van der Waals surface area (Å²) in [4.78, 5) is 17.2. The van der Waals surface area contributed by atoms with Crippen molar-refractivity contribution in [3.63, 3.8) is 0 Å². The van der Waals surface area contributed by atoms with E-state index >= 15 is 0 Å². The Kier molecular flexibility index (Phi) is 5.08. The van der Waals surface area contributed by atoms with Crippen LogP contribution in [0, 0.1) is 11.6 Å². The van der Waals surface area contributed by atoms with Crippen molar-refractivity contribution in [3.05, 3.63) is 51.9 Å². The van der Waals surface area contributed by atoms with Crippen LogP contribution >= 0.6 is 11.8 Å². The fourth-order valence-corrected chi connectivity index (χ4v) is 2.41. The lowest BCUT2D eigenvalue weighted by Gasteiger charge is -2.10. The van der Waals surface area contributed by atoms with Crippen LogP contribution in [0.15, 0.2) is 39.2 Å². The van der Waals surface area contributed by atoms with E-state index in [2.05, 4.69) is 15.3 Å². The van der Waals surface area contributed by atoms with Crippen molar-refractivity contribution in [2.24, 2.45) is 0 Å². The highest BCUT2D eigenvalue weighted by molar-refractivity contribution is 7.99. The molecule has 1 aromatic carbocycles. The largest absolute Gasteiger partial charge is 0.310 e. The van der Waals surface area contributed by atoms with Crippen LogP contribution in [0.5, 0.6) is 0 Å². The van der Waals surface area contributed by atoms with Crippen molar-refractivity contribution in [1.29, 1.82) is 0 Å². The van der Waals surface area contributed by atoms with Crippen LogP contribution in [0.25, 0.3) is 0 Å². The highest BCUT2D eigenvalue weighted by Crippen LogP contribution is 2.30. The van der Waals surface area contributed by atoms with Gasteiger partial charge >= 0.3 is 0 Å². The predicted octanol–water partition coefficient (Wildman–Crippen LogP) is 2.70. The number of hydrogen-bond acceptors (Lipinski definition) is 4. The average molecular weight is 311 g/mol. The van der Waals surface area contributed by atoms with Crippen LogP contribution in [-0.4, -0.2) is 16.0 Å². The van der Waals surface area contributed by atoms with Crippen LogP contribution in [0.2, 0.25) is 0 Å². The summed E-state index contributed by atoms with van der Waals surface area (Å²) in [5.74, 6) is -1.35. The number of nitrogens with zero attached hydrogens (tertiary/aromatic N) is 1. The zero-order valence-corrected chi connectivity index (χ0v) is 12.4. The molecule has 0 atom stereocenters. The van der Waals surface area contributed by atoms with E-state index in [0.717, 1.165) is 11.8 Å². The molecule has 0 spiro atoms. The molecule has 2 N–H and O–H groups in total. The Morgan fingerprint density at radius 2 is 2.00 bits per heavy atom. The third kappa shape index (κ3) is 4.37. The Balaban J connectivity index is 2.22. The molecule has 0 bridgehead atoms. The number of nitrogens with one attached hydrogen (secondary N) is 2. The van der Waals surface area contributed by atoms with Gasteiger partial charge in [-0.25, -0.2) is 13.8 Å². The van der Waals surface area contributed by atoms with Gasteiger partial charge in [0.2, 0.25) is 0 Å². The number of halogens is 2. The second-order valence-electron chi connectivity index (χ2n) is 4.77. The summed E-state index contributed by atoms with van der Waals surface area (Å²) in [7, 11) is 0. The Hall–Kier alpha value is -1.73. The maximum Gasteiger partial charge on any atom is 0.251 e. The second-order valence-corrected chi connectivity index (χ2v) is 5.76. The van der Waals surface area contributed by atoms with Gasteiger partial charge in [0.15, 0.2) is 5.16 Å². The van der Waals surface area contributed by atoms with Gasteiger partial charge in [0.05, 0.1) is 4.90 Å². The summed E-state index contributed by atoms with van der Waals surface area (Å²) in [6, 6.07) is 4.02. The molecule has 0 saturated carbocycles. The molecule has 0 fully saturated rings. The van der Waals surface area contributed by atoms with Crippen LogP contribution in [-0.2, 0) is 6.54 Å². The van der Waals surface area contributed by atoms with Gasteiger partial charge in [0.25, 0.3) is 5.56 Å². The lowest BCUT2D eigenvalue weighted by molar-refractivity contribution is 0.528. The Morgan fingerprint density at radius 1 is 1.33 bits per heavy atom.